The molecule has 0 saturated heterocycles. The van der Waals surface area contributed by atoms with Crippen molar-refractivity contribution in [2.75, 3.05) is 0 Å². The zero-order chi connectivity index (χ0) is 33.8. The van der Waals surface area contributed by atoms with Gasteiger partial charge in [0, 0.05) is 0 Å². The van der Waals surface area contributed by atoms with Crippen LogP contribution in [0.25, 0.3) is 0 Å². The Bertz CT molecular complexity index is 1430. The maximum absolute atomic E-state index is 4.81. The number of halogens is 2. The molecule has 0 radical (unpaired) electrons. The number of aryl methyl sites for hydroxylation is 6. The van der Waals surface area contributed by atoms with Crippen LogP contribution in [0.1, 0.15) is 33.4 Å². The van der Waals surface area contributed by atoms with Crippen LogP contribution in [0.3, 0.4) is 0 Å². The van der Waals surface area contributed by atoms with E-state index in [9.17, 15) is 0 Å². The van der Waals surface area contributed by atoms with Gasteiger partial charge in [0.1, 0.15) is 0 Å². The summed E-state index contributed by atoms with van der Waals surface area (Å²) >= 11 is -0.106. The fraction of sp³-hybridized carbons (Fsp3) is 0.143. The molecule has 5 heteroatoms. The second-order valence-corrected chi connectivity index (χ2v) is 18.5. The van der Waals surface area contributed by atoms with E-state index in [1.165, 1.54) is 65.2 Å². The minimum absolute atomic E-state index is 0.106. The van der Waals surface area contributed by atoms with Gasteiger partial charge in [-0.15, -0.1) is 0 Å². The van der Waals surface area contributed by atoms with Crippen molar-refractivity contribution < 1.29 is 15.9 Å². The summed E-state index contributed by atoms with van der Waals surface area (Å²) in [4.78, 5) is 0. The summed E-state index contributed by atoms with van der Waals surface area (Å²) in [5.41, 5.74) is 7.87. The summed E-state index contributed by atoms with van der Waals surface area (Å²) in [5.74, 6) is 0. The topological polar surface area (TPSA) is 0 Å². The third-order valence-corrected chi connectivity index (χ3v) is 12.6. The van der Waals surface area contributed by atoms with Gasteiger partial charge < -0.3 is 0 Å². The van der Waals surface area contributed by atoms with Gasteiger partial charge in [-0.2, -0.15) is 0 Å². The molecule has 0 heterocycles. The molecule has 0 saturated carbocycles. The van der Waals surface area contributed by atoms with Gasteiger partial charge in [0.25, 0.3) is 0 Å². The molecule has 0 N–H and O–H groups in total. The molecule has 0 atom stereocenters. The first-order valence-electron chi connectivity index (χ1n) is 15.5. The molecule has 0 unspecified atom stereocenters. The molecular weight excluding hydrogens is 744 g/mol. The van der Waals surface area contributed by atoms with Gasteiger partial charge in [0.2, 0.25) is 0 Å². The Balaban J connectivity index is 0.000000197. The van der Waals surface area contributed by atoms with Gasteiger partial charge in [-0.25, -0.2) is 0 Å². The Labute approximate surface area is 301 Å². The molecule has 6 aromatic carbocycles. The van der Waals surface area contributed by atoms with E-state index in [0.29, 0.717) is 0 Å². The molecule has 6 rings (SSSR count). The monoisotopic (exact) mass is 784 g/mol. The molecule has 0 bridgehead atoms. The summed E-state index contributed by atoms with van der Waals surface area (Å²) in [6.45, 7) is 12.9. The maximum atomic E-state index is 4.81. The van der Waals surface area contributed by atoms with Crippen molar-refractivity contribution in [2.24, 2.45) is 0 Å². The van der Waals surface area contributed by atoms with E-state index >= 15 is 0 Å². The van der Waals surface area contributed by atoms with Gasteiger partial charge >= 0.3 is 35.0 Å². The van der Waals surface area contributed by atoms with Crippen LogP contribution < -0.4 is 31.8 Å². The Hall–Kier alpha value is -2.58. The third-order valence-electron chi connectivity index (χ3n) is 7.75. The summed E-state index contributed by atoms with van der Waals surface area (Å²) in [5, 5.41) is 8.46. The van der Waals surface area contributed by atoms with E-state index in [-0.39, 0.29) is 15.9 Å². The molecule has 0 aliphatic heterocycles. The molecule has 0 fully saturated rings. The van der Waals surface area contributed by atoms with Crippen LogP contribution >= 0.6 is 34.9 Å². The van der Waals surface area contributed by atoms with Crippen LogP contribution in [0.2, 0.25) is 0 Å². The molecule has 6 aromatic rings. The summed E-state index contributed by atoms with van der Waals surface area (Å²) < 4.78 is 0. The van der Waals surface area contributed by atoms with E-state index in [1.807, 2.05) is 0 Å². The molecule has 244 valence electrons. The van der Waals surface area contributed by atoms with E-state index in [1.54, 1.807) is 0 Å². The van der Waals surface area contributed by atoms with Crippen molar-refractivity contribution in [2.45, 2.75) is 41.5 Å². The Morgan fingerprint density at radius 3 is 0.489 bits per heavy atom. The second kappa shape index (κ2) is 18.8. The van der Waals surface area contributed by atoms with Crippen LogP contribution in [0.15, 0.2) is 146 Å². The van der Waals surface area contributed by atoms with Gasteiger partial charge in [-0.3, -0.25) is 0 Å². The van der Waals surface area contributed by atoms with Crippen LogP contribution in [0, 0.1) is 41.5 Å². The molecule has 47 heavy (non-hydrogen) atoms. The zero-order valence-corrected chi connectivity index (χ0v) is 32.7. The van der Waals surface area contributed by atoms with E-state index in [2.05, 4.69) is 187 Å². The molecule has 0 aromatic heterocycles. The number of benzene rings is 6. The fourth-order valence-corrected chi connectivity index (χ4v) is 9.53. The fourth-order valence-electron chi connectivity index (χ4n) is 5.06. The molecule has 0 spiro atoms. The van der Waals surface area contributed by atoms with Crippen molar-refractivity contribution in [3.63, 3.8) is 0 Å². The van der Waals surface area contributed by atoms with Gasteiger partial charge in [-0.1, -0.05) is 179 Å². The molecule has 0 nitrogen and oxygen atoms in total. The third kappa shape index (κ3) is 11.2. The van der Waals surface area contributed by atoms with Gasteiger partial charge in [0.05, 0.1) is 0 Å². The Kier molecular flexibility index (Phi) is 14.9. The van der Waals surface area contributed by atoms with Gasteiger partial charge in [0.15, 0.2) is 0 Å². The Morgan fingerprint density at radius 2 is 0.383 bits per heavy atom. The average molecular weight is 786 g/mol. The predicted octanol–water partition coefficient (Wildman–Crippen LogP) is 10.1. The van der Waals surface area contributed by atoms with Crippen LogP contribution in [-0.2, 0) is 15.9 Å². The van der Waals surface area contributed by atoms with E-state index in [4.69, 9.17) is 19.1 Å². The number of hydrogen-bond donors (Lipinski definition) is 0. The number of rotatable bonds is 6. The zero-order valence-electron chi connectivity index (χ0n) is 27.8. The SMILES string of the molecule is Cc1ccc(P(c2ccc(C)cc2)c2ccc(C)cc2)cc1.Cc1ccc(P(c2ccc(C)cc2)c2ccc(C)cc2)cc1.[Cl][Pd][Cl]. The molecule has 0 aliphatic rings. The normalized spacial score (nSPS) is 10.7. The number of hydrogen-bond acceptors (Lipinski definition) is 0. The first kappa shape index (κ1) is 37.2. The van der Waals surface area contributed by atoms with Crippen LogP contribution in [-0.4, -0.2) is 0 Å². The van der Waals surface area contributed by atoms with Crippen LogP contribution in [0.4, 0.5) is 0 Å². The summed E-state index contributed by atoms with van der Waals surface area (Å²) in [7, 11) is 8.66. The van der Waals surface area contributed by atoms with Crippen molar-refractivity contribution >= 4 is 66.7 Å². The Morgan fingerprint density at radius 1 is 0.277 bits per heavy atom. The minimum atomic E-state index is -0.483. The predicted molar refractivity (Wildman–Crippen MR) is 210 cm³/mol. The van der Waals surface area contributed by atoms with E-state index in [0.717, 1.165) is 0 Å². The average Bonchev–Trinajstić information content (AvgIpc) is 3.07. The van der Waals surface area contributed by atoms with Crippen molar-refractivity contribution in [3.8, 4) is 0 Å². The van der Waals surface area contributed by atoms with Gasteiger partial charge in [-0.05, 0) is 89.2 Å². The first-order chi connectivity index (χ1) is 22.7. The quantitative estimate of drug-likeness (QED) is 0.117. The van der Waals surface area contributed by atoms with Crippen LogP contribution in [0.5, 0.6) is 0 Å². The first-order valence-corrected chi connectivity index (χ1v) is 22.2. The summed E-state index contributed by atoms with van der Waals surface area (Å²) in [6, 6.07) is 53.9. The standard InChI is InChI=1S/2C21H21P.2ClH.Pd/c2*1-16-4-10-19(11-5-16)22(20-12-6-17(2)7-13-20)21-14-8-18(3)9-15-21;;;/h2*4-15H,1-3H3;2*1H;/q;;;;+2/p-2. The second-order valence-electron chi connectivity index (χ2n) is 11.7. The summed E-state index contributed by atoms with van der Waals surface area (Å²) in [6.07, 6.45) is 0. The molecular formula is C42H42Cl2P2Pd. The van der Waals surface area contributed by atoms with Crippen molar-refractivity contribution in [1.82, 2.24) is 0 Å². The molecule has 0 amide bonds. The van der Waals surface area contributed by atoms with E-state index < -0.39 is 15.8 Å². The van der Waals surface area contributed by atoms with Crippen molar-refractivity contribution in [1.29, 1.82) is 0 Å². The van der Waals surface area contributed by atoms with Crippen molar-refractivity contribution in [3.05, 3.63) is 179 Å². The molecule has 0 aliphatic carbocycles.